The van der Waals surface area contributed by atoms with Gasteiger partial charge in [-0.2, -0.15) is 0 Å². The fraction of sp³-hybridized carbons (Fsp3) is 0.316. The van der Waals surface area contributed by atoms with Gasteiger partial charge in [-0.05, 0) is 0 Å². The van der Waals surface area contributed by atoms with E-state index in [1.165, 1.54) is 22.8 Å². The zero-order valence-electron chi connectivity index (χ0n) is 12.8. The fourth-order valence-electron chi connectivity index (χ4n) is 2.78. The van der Waals surface area contributed by atoms with Crippen LogP contribution in [0.5, 0.6) is 5.75 Å². The first-order valence-corrected chi connectivity index (χ1v) is 10.1. The number of halogens is 1. The van der Waals surface area contributed by atoms with Crippen molar-refractivity contribution in [1.29, 1.82) is 0 Å². The number of hydrogen-bond acceptors (Lipinski definition) is 3. The van der Waals surface area contributed by atoms with Crippen molar-refractivity contribution < 1.29 is 35.8 Å². The molecule has 3 rings (SSSR count). The van der Waals surface area contributed by atoms with Gasteiger partial charge in [0.2, 0.25) is 0 Å². The molecule has 0 heterocycles. The monoisotopic (exact) mass is 422 g/mol. The summed E-state index contributed by atoms with van der Waals surface area (Å²) >= 11 is -0.536. The van der Waals surface area contributed by atoms with Gasteiger partial charge in [-0.3, -0.25) is 0 Å². The summed E-state index contributed by atoms with van der Waals surface area (Å²) in [5.74, 6) is -0.185. The molecule has 0 saturated heterocycles. The Labute approximate surface area is 146 Å². The molecule has 0 unspecified atom stereocenters. The normalized spacial score (nSPS) is 15.5. The van der Waals surface area contributed by atoms with Crippen LogP contribution in [0, 0.1) is 7.14 Å². The van der Waals surface area contributed by atoms with E-state index in [9.17, 15) is 9.90 Å². The number of rotatable bonds is 5. The zero-order valence-corrected chi connectivity index (χ0v) is 15.0. The first kappa shape index (κ1) is 16.3. The molecule has 0 amide bonds. The average Bonchev–Trinajstić information content (AvgIpc) is 2.58. The van der Waals surface area contributed by atoms with E-state index in [0.717, 1.165) is 22.2 Å². The Hall–Kier alpha value is -1.56. The topological polar surface area (TPSA) is 49.4 Å². The van der Waals surface area contributed by atoms with Crippen LogP contribution >= 0.6 is 0 Å². The van der Waals surface area contributed by atoms with Crippen molar-refractivity contribution in [3.05, 3.63) is 61.2 Å². The molecule has 0 bridgehead atoms. The number of aromatic carboxylic acids is 1. The standard InChI is InChI=1S/C19H20IO3/c21-19(22)17-8-4-5-9-18(17)20-14-10-12-16(13-11-14)23-15-6-2-1-3-7-15/h4-5,8-13,15H,1-3,6-7H2,(H,21,22)/q-1/p-1. The van der Waals surface area contributed by atoms with Crippen LogP contribution in [-0.4, -0.2) is 12.1 Å². The van der Waals surface area contributed by atoms with Gasteiger partial charge in [0, 0.05) is 0 Å². The molecule has 3 nitrogen and oxygen atoms in total. The SMILES string of the molecule is O=C([O-])c1ccccc1[I-]c1ccc(OC2CCCCC2)cc1. The second-order valence-electron chi connectivity index (χ2n) is 5.69. The molecular formula is C19H19IO3-2. The van der Waals surface area contributed by atoms with E-state index in [2.05, 4.69) is 12.1 Å². The Balaban J connectivity index is 1.67. The second kappa shape index (κ2) is 7.81. The molecule has 0 aliphatic heterocycles. The summed E-state index contributed by atoms with van der Waals surface area (Å²) in [5.41, 5.74) is 0.308. The third-order valence-corrected chi connectivity index (χ3v) is 6.84. The van der Waals surface area contributed by atoms with Crippen LogP contribution in [0.15, 0.2) is 48.5 Å². The van der Waals surface area contributed by atoms with Gasteiger partial charge in [-0.1, -0.05) is 0 Å². The van der Waals surface area contributed by atoms with Crippen molar-refractivity contribution in [3.63, 3.8) is 0 Å². The molecule has 1 saturated carbocycles. The molecular weight excluding hydrogens is 403 g/mol. The van der Waals surface area contributed by atoms with Crippen LogP contribution in [-0.2, 0) is 0 Å². The first-order valence-electron chi connectivity index (χ1n) is 7.94. The Kier molecular flexibility index (Phi) is 5.54. The summed E-state index contributed by atoms with van der Waals surface area (Å²) in [5, 5.41) is 11.2. The van der Waals surface area contributed by atoms with E-state index in [1.807, 2.05) is 24.3 Å². The van der Waals surface area contributed by atoms with Crippen LogP contribution in [0.25, 0.3) is 0 Å². The van der Waals surface area contributed by atoms with Crippen molar-refractivity contribution in [2.75, 3.05) is 0 Å². The number of carboxylic acid groups (broad SMARTS) is 1. The fourth-order valence-corrected chi connectivity index (χ4v) is 5.25. The Morgan fingerprint density at radius 3 is 2.39 bits per heavy atom. The van der Waals surface area contributed by atoms with Crippen molar-refractivity contribution in [2.24, 2.45) is 0 Å². The molecule has 1 aliphatic rings. The number of ether oxygens (including phenoxy) is 1. The zero-order chi connectivity index (χ0) is 16.1. The third kappa shape index (κ3) is 4.47. The van der Waals surface area contributed by atoms with Crippen LogP contribution in [0.1, 0.15) is 42.5 Å². The van der Waals surface area contributed by atoms with Gasteiger partial charge in [0.15, 0.2) is 0 Å². The molecule has 0 spiro atoms. The van der Waals surface area contributed by atoms with Crippen LogP contribution in [0.2, 0.25) is 0 Å². The van der Waals surface area contributed by atoms with E-state index in [0.29, 0.717) is 11.7 Å². The number of carbonyl (C=O) groups excluding carboxylic acids is 1. The average molecular weight is 422 g/mol. The van der Waals surface area contributed by atoms with E-state index in [4.69, 9.17) is 4.74 Å². The maximum atomic E-state index is 11.2. The quantitative estimate of drug-likeness (QED) is 0.633. The van der Waals surface area contributed by atoms with E-state index in [-0.39, 0.29) is 0 Å². The van der Waals surface area contributed by atoms with Crippen LogP contribution < -0.4 is 31.0 Å². The second-order valence-corrected chi connectivity index (χ2v) is 8.64. The molecule has 1 aliphatic carbocycles. The predicted molar refractivity (Wildman–Crippen MR) is 82.1 cm³/mol. The van der Waals surface area contributed by atoms with Crippen LogP contribution in [0.3, 0.4) is 0 Å². The van der Waals surface area contributed by atoms with E-state index < -0.39 is 27.2 Å². The first-order chi connectivity index (χ1) is 11.2. The molecule has 0 aromatic heterocycles. The molecule has 0 N–H and O–H groups in total. The minimum atomic E-state index is -1.10. The van der Waals surface area contributed by atoms with Gasteiger partial charge < -0.3 is 0 Å². The molecule has 23 heavy (non-hydrogen) atoms. The summed E-state index contributed by atoms with van der Waals surface area (Å²) in [6.45, 7) is 0. The summed E-state index contributed by atoms with van der Waals surface area (Å²) in [6.07, 6.45) is 6.48. The Morgan fingerprint density at radius 1 is 1.00 bits per heavy atom. The van der Waals surface area contributed by atoms with Gasteiger partial charge in [0.1, 0.15) is 0 Å². The number of hydrogen-bond donors (Lipinski definition) is 0. The van der Waals surface area contributed by atoms with E-state index in [1.54, 1.807) is 12.1 Å². The van der Waals surface area contributed by atoms with Crippen molar-refractivity contribution in [3.8, 4) is 5.75 Å². The minimum absolute atomic E-state index is 0.308. The van der Waals surface area contributed by atoms with Crippen molar-refractivity contribution >= 4 is 5.97 Å². The molecule has 0 atom stereocenters. The summed E-state index contributed by atoms with van der Waals surface area (Å²) in [6, 6.07) is 15.2. The summed E-state index contributed by atoms with van der Waals surface area (Å²) < 4.78 is 8.09. The van der Waals surface area contributed by atoms with Gasteiger partial charge >= 0.3 is 147 Å². The van der Waals surface area contributed by atoms with Gasteiger partial charge in [-0.25, -0.2) is 0 Å². The summed E-state index contributed by atoms with van der Waals surface area (Å²) in [7, 11) is 0. The molecule has 1 fully saturated rings. The van der Waals surface area contributed by atoms with Crippen LogP contribution in [0.4, 0.5) is 0 Å². The van der Waals surface area contributed by atoms with Crippen molar-refractivity contribution in [1.82, 2.24) is 0 Å². The van der Waals surface area contributed by atoms with E-state index >= 15 is 0 Å². The molecule has 4 heteroatoms. The van der Waals surface area contributed by atoms with Gasteiger partial charge in [0.25, 0.3) is 0 Å². The Morgan fingerprint density at radius 2 is 1.70 bits per heavy atom. The third-order valence-electron chi connectivity index (χ3n) is 3.97. The number of carbonyl (C=O) groups is 1. The number of carboxylic acids is 1. The molecule has 122 valence electrons. The van der Waals surface area contributed by atoms with Crippen molar-refractivity contribution in [2.45, 2.75) is 38.2 Å². The van der Waals surface area contributed by atoms with Gasteiger partial charge in [0.05, 0.1) is 0 Å². The maximum absolute atomic E-state index is 11.2. The predicted octanol–water partition coefficient (Wildman–Crippen LogP) is -0.110. The molecule has 2 aromatic carbocycles. The molecule has 2 aromatic rings. The number of benzene rings is 2. The Bertz CT molecular complexity index is 661. The van der Waals surface area contributed by atoms with Gasteiger partial charge in [-0.15, -0.1) is 0 Å². The molecule has 0 radical (unpaired) electrons. The summed E-state index contributed by atoms with van der Waals surface area (Å²) in [4.78, 5) is 11.2.